The van der Waals surface area contributed by atoms with Crippen LogP contribution in [-0.2, 0) is 0 Å². The highest BCUT2D eigenvalue weighted by molar-refractivity contribution is 4.88. The van der Waals surface area contributed by atoms with Crippen molar-refractivity contribution >= 4 is 0 Å². The summed E-state index contributed by atoms with van der Waals surface area (Å²) in [6.45, 7) is 13.4. The molecule has 1 N–H and O–H groups in total. The van der Waals surface area contributed by atoms with Crippen LogP contribution < -0.4 is 5.32 Å². The van der Waals surface area contributed by atoms with Crippen LogP contribution in [0.15, 0.2) is 0 Å². The van der Waals surface area contributed by atoms with Gasteiger partial charge in [-0.3, -0.25) is 0 Å². The first kappa shape index (κ1) is 16.3. The smallest absolute Gasteiger partial charge is 0.00955 e. The minimum absolute atomic E-state index is 0.521. The summed E-state index contributed by atoms with van der Waals surface area (Å²) >= 11 is 0. The number of hydrogen-bond acceptors (Lipinski definition) is 1. The Labute approximate surface area is 127 Å². The summed E-state index contributed by atoms with van der Waals surface area (Å²) in [7, 11) is 0. The van der Waals surface area contributed by atoms with Gasteiger partial charge >= 0.3 is 0 Å². The van der Waals surface area contributed by atoms with Crippen LogP contribution in [-0.4, -0.2) is 12.6 Å². The lowest BCUT2D eigenvalue weighted by Gasteiger charge is -2.37. The fraction of sp³-hybridized carbons (Fsp3) is 1.00. The molecule has 0 spiro atoms. The maximum atomic E-state index is 3.92. The molecule has 0 radical (unpaired) electrons. The molecule has 0 saturated heterocycles. The molecule has 0 aromatic heterocycles. The monoisotopic (exact) mass is 279 g/mol. The van der Waals surface area contributed by atoms with E-state index in [9.17, 15) is 0 Å². The van der Waals surface area contributed by atoms with Gasteiger partial charge < -0.3 is 5.32 Å². The van der Waals surface area contributed by atoms with Gasteiger partial charge in [-0.15, -0.1) is 0 Å². The molecule has 3 unspecified atom stereocenters. The van der Waals surface area contributed by atoms with E-state index in [0.717, 1.165) is 29.7 Å². The van der Waals surface area contributed by atoms with Crippen LogP contribution in [0.3, 0.4) is 0 Å². The molecule has 0 aliphatic heterocycles. The summed E-state index contributed by atoms with van der Waals surface area (Å²) in [5.74, 6) is 3.77. The summed E-state index contributed by atoms with van der Waals surface area (Å²) in [5, 5.41) is 3.92. The van der Waals surface area contributed by atoms with Gasteiger partial charge in [0, 0.05) is 6.04 Å². The van der Waals surface area contributed by atoms with Gasteiger partial charge in [0.05, 0.1) is 0 Å². The topological polar surface area (TPSA) is 12.0 Å². The summed E-state index contributed by atoms with van der Waals surface area (Å²) in [5.41, 5.74) is 0.521. The lowest BCUT2D eigenvalue weighted by atomic mass is 9.70. The van der Waals surface area contributed by atoms with Gasteiger partial charge in [0.1, 0.15) is 0 Å². The molecular weight excluding hydrogens is 242 g/mol. The van der Waals surface area contributed by atoms with Crippen molar-refractivity contribution in [2.45, 2.75) is 85.6 Å². The Morgan fingerprint density at radius 2 is 1.60 bits per heavy atom. The van der Waals surface area contributed by atoms with Gasteiger partial charge in [-0.25, -0.2) is 0 Å². The first-order valence-corrected chi connectivity index (χ1v) is 9.15. The molecule has 0 bridgehead atoms. The minimum atomic E-state index is 0.521. The highest BCUT2D eigenvalue weighted by atomic mass is 14.9. The molecule has 0 aromatic carbocycles. The molecule has 20 heavy (non-hydrogen) atoms. The van der Waals surface area contributed by atoms with Crippen LogP contribution in [0.2, 0.25) is 0 Å². The van der Waals surface area contributed by atoms with Crippen molar-refractivity contribution in [3.63, 3.8) is 0 Å². The third kappa shape index (κ3) is 4.00. The van der Waals surface area contributed by atoms with Crippen molar-refractivity contribution < 1.29 is 0 Å². The maximum Gasteiger partial charge on any atom is 0.00955 e. The molecule has 2 rings (SSSR count). The Morgan fingerprint density at radius 1 is 0.950 bits per heavy atom. The SMILES string of the molecule is CCC1CCC(NCC2CCC(C(C)(C)C)CC2)C1C. The largest absolute Gasteiger partial charge is 0.313 e. The van der Waals surface area contributed by atoms with E-state index in [-0.39, 0.29) is 0 Å². The van der Waals surface area contributed by atoms with E-state index in [2.05, 4.69) is 39.9 Å². The van der Waals surface area contributed by atoms with E-state index in [1.54, 1.807) is 0 Å². The van der Waals surface area contributed by atoms with Gasteiger partial charge in [0.2, 0.25) is 0 Å². The zero-order chi connectivity index (χ0) is 14.8. The minimum Gasteiger partial charge on any atom is -0.313 e. The number of hydrogen-bond donors (Lipinski definition) is 1. The van der Waals surface area contributed by atoms with Gasteiger partial charge in [-0.1, -0.05) is 41.0 Å². The van der Waals surface area contributed by atoms with Crippen LogP contribution in [0.5, 0.6) is 0 Å². The van der Waals surface area contributed by atoms with Crippen molar-refractivity contribution in [3.05, 3.63) is 0 Å². The van der Waals surface area contributed by atoms with Crippen LogP contribution in [0.4, 0.5) is 0 Å². The van der Waals surface area contributed by atoms with E-state index >= 15 is 0 Å². The van der Waals surface area contributed by atoms with Crippen molar-refractivity contribution in [1.82, 2.24) is 5.32 Å². The Bertz CT molecular complexity index is 283. The Balaban J connectivity index is 1.69. The Morgan fingerprint density at radius 3 is 2.10 bits per heavy atom. The van der Waals surface area contributed by atoms with Crippen LogP contribution in [0.1, 0.15) is 79.6 Å². The van der Waals surface area contributed by atoms with Crippen LogP contribution >= 0.6 is 0 Å². The zero-order valence-corrected chi connectivity index (χ0v) is 14.5. The van der Waals surface area contributed by atoms with E-state index in [0.29, 0.717) is 5.41 Å². The first-order valence-electron chi connectivity index (χ1n) is 9.15. The average molecular weight is 280 g/mol. The standard InChI is InChI=1S/C19H37N/c1-6-16-9-12-18(14(16)2)20-13-15-7-10-17(11-8-15)19(3,4)5/h14-18,20H,6-13H2,1-5H3. The first-order chi connectivity index (χ1) is 9.41. The van der Waals surface area contributed by atoms with Gasteiger partial charge in [-0.05, 0) is 74.2 Å². The van der Waals surface area contributed by atoms with E-state index in [1.165, 1.54) is 51.5 Å². The fourth-order valence-corrected chi connectivity index (χ4v) is 4.66. The van der Waals surface area contributed by atoms with Crippen molar-refractivity contribution in [2.24, 2.45) is 29.1 Å². The quantitative estimate of drug-likeness (QED) is 0.741. The molecule has 1 heteroatoms. The lowest BCUT2D eigenvalue weighted by Crippen LogP contribution is -2.38. The third-order valence-corrected chi connectivity index (χ3v) is 6.49. The zero-order valence-electron chi connectivity index (χ0n) is 14.5. The third-order valence-electron chi connectivity index (χ3n) is 6.49. The van der Waals surface area contributed by atoms with Gasteiger partial charge in [0.15, 0.2) is 0 Å². The lowest BCUT2D eigenvalue weighted by molar-refractivity contribution is 0.146. The Kier molecular flexibility index (Phi) is 5.56. The van der Waals surface area contributed by atoms with E-state index in [1.807, 2.05) is 0 Å². The summed E-state index contributed by atoms with van der Waals surface area (Å²) < 4.78 is 0. The molecule has 3 atom stereocenters. The van der Waals surface area contributed by atoms with E-state index < -0.39 is 0 Å². The van der Waals surface area contributed by atoms with Gasteiger partial charge in [0.25, 0.3) is 0 Å². The molecule has 1 nitrogen and oxygen atoms in total. The van der Waals surface area contributed by atoms with Crippen molar-refractivity contribution in [1.29, 1.82) is 0 Å². The normalized spacial score (nSPS) is 39.1. The molecule has 2 fully saturated rings. The predicted molar refractivity (Wildman–Crippen MR) is 88.9 cm³/mol. The molecule has 0 amide bonds. The van der Waals surface area contributed by atoms with Crippen LogP contribution in [0, 0.1) is 29.1 Å². The van der Waals surface area contributed by atoms with Crippen molar-refractivity contribution in [3.8, 4) is 0 Å². The van der Waals surface area contributed by atoms with Crippen LogP contribution in [0.25, 0.3) is 0 Å². The van der Waals surface area contributed by atoms with Crippen molar-refractivity contribution in [2.75, 3.05) is 6.54 Å². The second-order valence-electron chi connectivity index (χ2n) is 8.70. The average Bonchev–Trinajstić information content (AvgIpc) is 2.76. The summed E-state index contributed by atoms with van der Waals surface area (Å²) in [6, 6.07) is 0.806. The molecule has 118 valence electrons. The summed E-state index contributed by atoms with van der Waals surface area (Å²) in [4.78, 5) is 0. The summed E-state index contributed by atoms with van der Waals surface area (Å²) in [6.07, 6.45) is 10.0. The molecule has 2 aliphatic carbocycles. The second kappa shape index (κ2) is 6.81. The number of nitrogens with one attached hydrogen (secondary N) is 1. The van der Waals surface area contributed by atoms with E-state index in [4.69, 9.17) is 0 Å². The second-order valence-corrected chi connectivity index (χ2v) is 8.70. The molecule has 0 heterocycles. The molecule has 2 aliphatic rings. The molecular formula is C19H37N. The highest BCUT2D eigenvalue weighted by Gasteiger charge is 2.33. The predicted octanol–water partition coefficient (Wildman–Crippen LogP) is 5.25. The molecule has 0 aromatic rings. The highest BCUT2D eigenvalue weighted by Crippen LogP contribution is 2.40. The fourth-order valence-electron chi connectivity index (χ4n) is 4.66. The molecule has 2 saturated carbocycles. The maximum absolute atomic E-state index is 3.92. The van der Waals surface area contributed by atoms with Gasteiger partial charge in [-0.2, -0.15) is 0 Å². The number of rotatable bonds is 4. The Hall–Kier alpha value is -0.0400.